The van der Waals surface area contributed by atoms with Crippen LogP contribution in [0.4, 0.5) is 4.39 Å². The molecule has 1 heterocycles. The van der Waals surface area contributed by atoms with Crippen LogP contribution < -0.4 is 5.32 Å². The van der Waals surface area contributed by atoms with E-state index in [1.807, 2.05) is 6.07 Å². The molecule has 0 bridgehead atoms. The number of hydrogen-bond donors (Lipinski definition) is 1. The summed E-state index contributed by atoms with van der Waals surface area (Å²) >= 11 is 0. The lowest BCUT2D eigenvalue weighted by atomic mass is 9.94. The predicted octanol–water partition coefficient (Wildman–Crippen LogP) is 1.66. The molecule has 1 atom stereocenters. The second-order valence-corrected chi connectivity index (χ2v) is 3.52. The van der Waals surface area contributed by atoms with Gasteiger partial charge in [0.1, 0.15) is 5.82 Å². The first-order valence-corrected chi connectivity index (χ1v) is 4.82. The summed E-state index contributed by atoms with van der Waals surface area (Å²) in [5, 5.41) is 3.31. The van der Waals surface area contributed by atoms with E-state index in [1.165, 1.54) is 6.07 Å². The lowest BCUT2D eigenvalue weighted by Crippen LogP contribution is -2.33. The maximum absolute atomic E-state index is 13.4. The van der Waals surface area contributed by atoms with E-state index in [2.05, 4.69) is 5.32 Å². The zero-order valence-electron chi connectivity index (χ0n) is 8.22. The zero-order chi connectivity index (χ0) is 9.97. The summed E-state index contributed by atoms with van der Waals surface area (Å²) in [5.74, 6) is -0.0925. The van der Waals surface area contributed by atoms with Crippen molar-refractivity contribution < 1.29 is 9.13 Å². The summed E-state index contributed by atoms with van der Waals surface area (Å²) in [6.45, 7) is 1.42. The van der Waals surface area contributed by atoms with Gasteiger partial charge >= 0.3 is 0 Å². The number of benzene rings is 1. The summed E-state index contributed by atoms with van der Waals surface area (Å²) in [6.07, 6.45) is 0.766. The Morgan fingerprint density at radius 1 is 1.57 bits per heavy atom. The van der Waals surface area contributed by atoms with Gasteiger partial charge in [-0.15, -0.1) is 0 Å². The van der Waals surface area contributed by atoms with E-state index in [9.17, 15) is 4.39 Å². The van der Waals surface area contributed by atoms with Crippen molar-refractivity contribution in [1.29, 1.82) is 0 Å². The van der Waals surface area contributed by atoms with Crippen LogP contribution in [0.15, 0.2) is 18.2 Å². The fraction of sp³-hybridized carbons (Fsp3) is 0.455. The fourth-order valence-corrected chi connectivity index (χ4v) is 1.96. The molecule has 1 aromatic carbocycles. The topological polar surface area (TPSA) is 21.3 Å². The molecule has 0 amide bonds. The molecule has 14 heavy (non-hydrogen) atoms. The van der Waals surface area contributed by atoms with Crippen LogP contribution in [-0.2, 0) is 11.2 Å². The molecule has 0 spiro atoms. The van der Waals surface area contributed by atoms with E-state index >= 15 is 0 Å². The number of ether oxygens (including phenoxy) is 1. The molecule has 1 aliphatic heterocycles. The zero-order valence-corrected chi connectivity index (χ0v) is 8.22. The maximum Gasteiger partial charge on any atom is 0.126 e. The van der Waals surface area contributed by atoms with Gasteiger partial charge in [0.2, 0.25) is 0 Å². The molecule has 0 unspecified atom stereocenters. The molecule has 3 heteroatoms. The SMILES string of the molecule is COC[C@H]1NCCc2c(F)cccc21. The highest BCUT2D eigenvalue weighted by Crippen LogP contribution is 2.24. The molecule has 1 aliphatic rings. The molecular formula is C11H14FNO. The van der Waals surface area contributed by atoms with Gasteiger partial charge in [0.25, 0.3) is 0 Å². The minimum absolute atomic E-state index is 0.0925. The van der Waals surface area contributed by atoms with E-state index in [0.29, 0.717) is 6.61 Å². The van der Waals surface area contributed by atoms with Crippen LogP contribution in [0.5, 0.6) is 0 Å². The number of hydrogen-bond acceptors (Lipinski definition) is 2. The molecule has 1 N–H and O–H groups in total. The Kier molecular flexibility index (Phi) is 2.79. The number of nitrogens with one attached hydrogen (secondary N) is 1. The Morgan fingerprint density at radius 3 is 3.21 bits per heavy atom. The third-order valence-corrected chi connectivity index (χ3v) is 2.63. The summed E-state index contributed by atoms with van der Waals surface area (Å²) in [6, 6.07) is 5.38. The molecule has 0 fully saturated rings. The third kappa shape index (κ3) is 1.65. The average molecular weight is 195 g/mol. The quantitative estimate of drug-likeness (QED) is 0.775. The molecule has 76 valence electrons. The van der Waals surface area contributed by atoms with Crippen molar-refractivity contribution in [1.82, 2.24) is 5.32 Å². The lowest BCUT2D eigenvalue weighted by molar-refractivity contribution is 0.164. The molecule has 0 aromatic heterocycles. The van der Waals surface area contributed by atoms with Crippen molar-refractivity contribution in [2.75, 3.05) is 20.3 Å². The van der Waals surface area contributed by atoms with Gasteiger partial charge in [0.15, 0.2) is 0 Å². The van der Waals surface area contributed by atoms with Crippen molar-refractivity contribution in [2.24, 2.45) is 0 Å². The molecule has 1 aromatic rings. The highest BCUT2D eigenvalue weighted by atomic mass is 19.1. The van der Waals surface area contributed by atoms with Gasteiger partial charge in [-0.2, -0.15) is 0 Å². The summed E-state index contributed by atoms with van der Waals surface area (Å²) in [4.78, 5) is 0. The summed E-state index contributed by atoms with van der Waals surface area (Å²) in [5.41, 5.74) is 1.88. The number of methoxy groups -OCH3 is 1. The summed E-state index contributed by atoms with van der Waals surface area (Å²) in [7, 11) is 1.66. The van der Waals surface area contributed by atoms with Crippen molar-refractivity contribution in [3.05, 3.63) is 35.1 Å². The normalized spacial score (nSPS) is 20.6. The van der Waals surface area contributed by atoms with Gasteiger partial charge in [-0.25, -0.2) is 4.39 Å². The minimum atomic E-state index is -0.0925. The van der Waals surface area contributed by atoms with Crippen molar-refractivity contribution in [3.63, 3.8) is 0 Å². The molecule has 0 radical (unpaired) electrons. The highest BCUT2D eigenvalue weighted by molar-refractivity contribution is 5.33. The lowest BCUT2D eigenvalue weighted by Gasteiger charge is -2.26. The Hall–Kier alpha value is -0.930. The Bertz CT molecular complexity index is 327. The van der Waals surface area contributed by atoms with Crippen LogP contribution >= 0.6 is 0 Å². The van der Waals surface area contributed by atoms with E-state index < -0.39 is 0 Å². The number of rotatable bonds is 2. The van der Waals surface area contributed by atoms with E-state index in [-0.39, 0.29) is 11.9 Å². The first-order chi connectivity index (χ1) is 6.83. The van der Waals surface area contributed by atoms with Crippen LogP contribution in [0.3, 0.4) is 0 Å². The highest BCUT2D eigenvalue weighted by Gasteiger charge is 2.21. The number of halogens is 1. The van der Waals surface area contributed by atoms with E-state index in [1.54, 1.807) is 13.2 Å². The molecule has 2 rings (SSSR count). The monoisotopic (exact) mass is 195 g/mol. The second kappa shape index (κ2) is 4.07. The van der Waals surface area contributed by atoms with Crippen LogP contribution in [0, 0.1) is 5.82 Å². The second-order valence-electron chi connectivity index (χ2n) is 3.52. The van der Waals surface area contributed by atoms with Gasteiger partial charge in [0, 0.05) is 7.11 Å². The largest absolute Gasteiger partial charge is 0.383 e. The van der Waals surface area contributed by atoms with Crippen LogP contribution in [0.1, 0.15) is 17.2 Å². The van der Waals surface area contributed by atoms with Crippen molar-refractivity contribution in [3.8, 4) is 0 Å². The average Bonchev–Trinajstić information content (AvgIpc) is 2.20. The Labute approximate surface area is 83.1 Å². The van der Waals surface area contributed by atoms with Gasteiger partial charge in [0.05, 0.1) is 12.6 Å². The molecule has 0 saturated carbocycles. The standard InChI is InChI=1S/C11H14FNO/c1-14-7-11-9-3-2-4-10(12)8(9)5-6-13-11/h2-4,11,13H,5-7H2,1H3/t11-/m1/s1. The Balaban J connectivity index is 2.34. The first-order valence-electron chi connectivity index (χ1n) is 4.82. The molecule has 2 nitrogen and oxygen atoms in total. The van der Waals surface area contributed by atoms with Crippen molar-refractivity contribution in [2.45, 2.75) is 12.5 Å². The van der Waals surface area contributed by atoms with E-state index in [0.717, 1.165) is 24.1 Å². The first kappa shape index (κ1) is 9.62. The van der Waals surface area contributed by atoms with Gasteiger partial charge in [-0.05, 0) is 30.2 Å². The van der Waals surface area contributed by atoms with Crippen LogP contribution in [0.2, 0.25) is 0 Å². The van der Waals surface area contributed by atoms with Gasteiger partial charge in [-0.3, -0.25) is 0 Å². The molecule has 0 aliphatic carbocycles. The Morgan fingerprint density at radius 2 is 2.43 bits per heavy atom. The van der Waals surface area contributed by atoms with Crippen LogP contribution in [-0.4, -0.2) is 20.3 Å². The predicted molar refractivity (Wildman–Crippen MR) is 52.7 cm³/mol. The molecule has 0 saturated heterocycles. The van der Waals surface area contributed by atoms with E-state index in [4.69, 9.17) is 4.74 Å². The van der Waals surface area contributed by atoms with Crippen LogP contribution in [0.25, 0.3) is 0 Å². The maximum atomic E-state index is 13.4. The smallest absolute Gasteiger partial charge is 0.126 e. The van der Waals surface area contributed by atoms with Crippen molar-refractivity contribution >= 4 is 0 Å². The van der Waals surface area contributed by atoms with Gasteiger partial charge in [-0.1, -0.05) is 12.1 Å². The third-order valence-electron chi connectivity index (χ3n) is 2.63. The summed E-state index contributed by atoms with van der Waals surface area (Å²) < 4.78 is 18.5. The molecular weight excluding hydrogens is 181 g/mol. The fourth-order valence-electron chi connectivity index (χ4n) is 1.96. The van der Waals surface area contributed by atoms with Gasteiger partial charge < -0.3 is 10.1 Å². The minimum Gasteiger partial charge on any atom is -0.383 e. The number of fused-ring (bicyclic) bond motifs is 1.